The second-order valence-corrected chi connectivity index (χ2v) is 1.03. The summed E-state index contributed by atoms with van der Waals surface area (Å²) in [7, 11) is 1.35. The molecular formula is C6H9NO2. The van der Waals surface area contributed by atoms with Crippen molar-refractivity contribution in [3.05, 3.63) is 12.7 Å². The van der Waals surface area contributed by atoms with Crippen molar-refractivity contribution in [1.29, 1.82) is 5.26 Å². The Kier molecular flexibility index (Phi) is 11.6. The molecular weight excluding hydrogens is 118 g/mol. The largest absolute Gasteiger partial charge is 0.469 e. The summed E-state index contributed by atoms with van der Waals surface area (Å²) in [5.41, 5.74) is 0. The third kappa shape index (κ3) is 51.2. The highest BCUT2D eigenvalue weighted by Crippen LogP contribution is 1.60. The standard InChI is InChI=1S/C3H3N.C3H6O2/c1-2-3-4;1-3(4)5-2/h2H,1H2;1-2H3. The molecule has 0 fully saturated rings. The van der Waals surface area contributed by atoms with E-state index in [1.807, 2.05) is 0 Å². The fourth-order valence-corrected chi connectivity index (χ4v) is 0. The van der Waals surface area contributed by atoms with E-state index in [9.17, 15) is 4.79 Å². The average Bonchev–Trinajstić information content (AvgIpc) is 1.89. The van der Waals surface area contributed by atoms with Crippen LogP contribution in [0.2, 0.25) is 0 Å². The fourth-order valence-electron chi connectivity index (χ4n) is 0. The first-order chi connectivity index (χ1) is 4.18. The Hall–Kier alpha value is -1.30. The van der Waals surface area contributed by atoms with Crippen molar-refractivity contribution in [2.24, 2.45) is 0 Å². The predicted octanol–water partition coefficient (Wildman–Crippen LogP) is 0.875. The molecule has 0 saturated heterocycles. The molecule has 0 rings (SSSR count). The van der Waals surface area contributed by atoms with E-state index in [-0.39, 0.29) is 5.97 Å². The number of hydrogen-bond acceptors (Lipinski definition) is 3. The van der Waals surface area contributed by atoms with Gasteiger partial charge in [0.1, 0.15) is 0 Å². The van der Waals surface area contributed by atoms with Crippen LogP contribution in [0.15, 0.2) is 12.7 Å². The zero-order chi connectivity index (χ0) is 7.70. The molecule has 0 amide bonds. The lowest BCUT2D eigenvalue weighted by Gasteiger charge is -1.80. The van der Waals surface area contributed by atoms with E-state index in [2.05, 4.69) is 11.3 Å². The van der Waals surface area contributed by atoms with Crippen molar-refractivity contribution in [3.63, 3.8) is 0 Å². The summed E-state index contributed by atoms with van der Waals surface area (Å²) in [6.07, 6.45) is 1.18. The summed E-state index contributed by atoms with van der Waals surface area (Å²) < 4.78 is 4.11. The molecule has 0 aliphatic rings. The van der Waals surface area contributed by atoms with Crippen LogP contribution >= 0.6 is 0 Å². The summed E-state index contributed by atoms with van der Waals surface area (Å²) in [6, 6.07) is 1.69. The van der Waals surface area contributed by atoms with Crippen molar-refractivity contribution in [2.75, 3.05) is 7.11 Å². The van der Waals surface area contributed by atoms with Crippen LogP contribution in [0, 0.1) is 11.3 Å². The van der Waals surface area contributed by atoms with Gasteiger partial charge < -0.3 is 4.74 Å². The third-order valence-electron chi connectivity index (χ3n) is 0.379. The van der Waals surface area contributed by atoms with Crippen LogP contribution in [0.1, 0.15) is 6.92 Å². The number of allylic oxidation sites excluding steroid dienone is 1. The number of carbonyl (C=O) groups excluding carboxylic acids is 1. The Balaban J connectivity index is 0. The molecule has 3 nitrogen and oxygen atoms in total. The average molecular weight is 127 g/mol. The smallest absolute Gasteiger partial charge is 0.302 e. The molecule has 0 bridgehead atoms. The first-order valence-corrected chi connectivity index (χ1v) is 2.24. The minimum Gasteiger partial charge on any atom is -0.469 e. The van der Waals surface area contributed by atoms with Gasteiger partial charge in [0.15, 0.2) is 0 Å². The van der Waals surface area contributed by atoms with E-state index in [1.54, 1.807) is 6.07 Å². The zero-order valence-corrected chi connectivity index (χ0v) is 5.55. The molecule has 0 unspecified atom stereocenters. The second-order valence-electron chi connectivity index (χ2n) is 1.03. The summed E-state index contributed by atoms with van der Waals surface area (Å²) in [5, 5.41) is 7.51. The van der Waals surface area contributed by atoms with E-state index >= 15 is 0 Å². The first-order valence-electron chi connectivity index (χ1n) is 2.24. The minimum absolute atomic E-state index is 0.245. The number of methoxy groups -OCH3 is 1. The molecule has 50 valence electrons. The quantitative estimate of drug-likeness (QED) is 0.358. The summed E-state index contributed by atoms with van der Waals surface area (Å²) in [5.74, 6) is -0.245. The lowest BCUT2D eigenvalue weighted by molar-refractivity contribution is -0.137. The second kappa shape index (κ2) is 9.85. The monoisotopic (exact) mass is 127 g/mol. The van der Waals surface area contributed by atoms with Gasteiger partial charge in [0.25, 0.3) is 0 Å². The molecule has 0 aliphatic heterocycles. The van der Waals surface area contributed by atoms with Crippen molar-refractivity contribution < 1.29 is 9.53 Å². The molecule has 0 saturated carbocycles. The lowest BCUT2D eigenvalue weighted by Crippen LogP contribution is -1.88. The number of hydrogen-bond donors (Lipinski definition) is 0. The van der Waals surface area contributed by atoms with Crippen LogP contribution in [0.5, 0.6) is 0 Å². The van der Waals surface area contributed by atoms with Gasteiger partial charge in [-0.1, -0.05) is 6.58 Å². The molecule has 0 spiro atoms. The first kappa shape index (κ1) is 10.6. The lowest BCUT2D eigenvalue weighted by atomic mass is 10.8. The Morgan fingerprint density at radius 1 is 1.89 bits per heavy atom. The van der Waals surface area contributed by atoms with Crippen molar-refractivity contribution in [3.8, 4) is 6.07 Å². The summed E-state index contributed by atoms with van der Waals surface area (Å²) in [6.45, 7) is 4.48. The number of nitrogens with zero attached hydrogens (tertiary/aromatic N) is 1. The van der Waals surface area contributed by atoms with Gasteiger partial charge in [-0.15, -0.1) is 0 Å². The molecule has 9 heavy (non-hydrogen) atoms. The highest BCUT2D eigenvalue weighted by Gasteiger charge is 1.75. The zero-order valence-electron chi connectivity index (χ0n) is 5.55. The van der Waals surface area contributed by atoms with Crippen LogP contribution in [0.3, 0.4) is 0 Å². The van der Waals surface area contributed by atoms with Crippen LogP contribution < -0.4 is 0 Å². The van der Waals surface area contributed by atoms with Crippen LogP contribution in [0.25, 0.3) is 0 Å². The maximum atomic E-state index is 9.59. The maximum absolute atomic E-state index is 9.59. The van der Waals surface area contributed by atoms with Gasteiger partial charge in [0.2, 0.25) is 0 Å². The summed E-state index contributed by atoms with van der Waals surface area (Å²) in [4.78, 5) is 9.59. The van der Waals surface area contributed by atoms with Gasteiger partial charge in [-0.25, -0.2) is 0 Å². The highest BCUT2D eigenvalue weighted by atomic mass is 16.5. The number of ether oxygens (including phenoxy) is 1. The van der Waals surface area contributed by atoms with Crippen molar-refractivity contribution in [2.45, 2.75) is 6.92 Å². The molecule has 3 heteroatoms. The number of carbonyl (C=O) groups is 1. The van der Waals surface area contributed by atoms with E-state index in [1.165, 1.54) is 20.1 Å². The van der Waals surface area contributed by atoms with Gasteiger partial charge in [-0.3, -0.25) is 4.79 Å². The van der Waals surface area contributed by atoms with Gasteiger partial charge in [-0.05, 0) is 0 Å². The molecule has 0 aromatic carbocycles. The SMILES string of the molecule is C=CC#N.COC(C)=O. The normalized spacial score (nSPS) is 5.44. The number of nitriles is 1. The van der Waals surface area contributed by atoms with Gasteiger partial charge in [0, 0.05) is 13.0 Å². The van der Waals surface area contributed by atoms with Gasteiger partial charge in [0.05, 0.1) is 13.2 Å². The fraction of sp³-hybridized carbons (Fsp3) is 0.333. The van der Waals surface area contributed by atoms with Crippen molar-refractivity contribution in [1.82, 2.24) is 0 Å². The molecule has 0 aliphatic carbocycles. The molecule has 0 atom stereocenters. The Bertz CT molecular complexity index is 124. The van der Waals surface area contributed by atoms with E-state index in [0.717, 1.165) is 0 Å². The molecule has 0 N–H and O–H groups in total. The number of rotatable bonds is 0. The van der Waals surface area contributed by atoms with Gasteiger partial charge in [-0.2, -0.15) is 5.26 Å². The highest BCUT2D eigenvalue weighted by molar-refractivity contribution is 5.65. The maximum Gasteiger partial charge on any atom is 0.302 e. The van der Waals surface area contributed by atoms with E-state index in [4.69, 9.17) is 5.26 Å². The summed E-state index contributed by atoms with van der Waals surface area (Å²) >= 11 is 0. The van der Waals surface area contributed by atoms with Gasteiger partial charge >= 0.3 is 5.97 Å². The predicted molar refractivity (Wildman–Crippen MR) is 33.5 cm³/mol. The Morgan fingerprint density at radius 3 is 2.11 bits per heavy atom. The molecule has 0 heterocycles. The third-order valence-corrected chi connectivity index (χ3v) is 0.379. The molecule has 0 radical (unpaired) electrons. The van der Waals surface area contributed by atoms with Crippen LogP contribution in [-0.4, -0.2) is 13.1 Å². The van der Waals surface area contributed by atoms with Crippen LogP contribution in [0.4, 0.5) is 0 Å². The van der Waals surface area contributed by atoms with Crippen LogP contribution in [-0.2, 0) is 9.53 Å². The topological polar surface area (TPSA) is 50.1 Å². The Morgan fingerprint density at radius 2 is 2.11 bits per heavy atom. The minimum atomic E-state index is -0.245. The van der Waals surface area contributed by atoms with E-state index in [0.29, 0.717) is 0 Å². The molecule has 0 aromatic rings. The van der Waals surface area contributed by atoms with E-state index < -0.39 is 0 Å². The van der Waals surface area contributed by atoms with Crippen molar-refractivity contribution >= 4 is 5.97 Å². The molecule has 0 aromatic heterocycles. The number of esters is 1. The Labute approximate surface area is 54.5 Å².